The molecule has 0 N–H and O–H groups in total. The summed E-state index contributed by atoms with van der Waals surface area (Å²) in [6.45, 7) is 4.31. The van der Waals surface area contributed by atoms with Crippen LogP contribution in [0.3, 0.4) is 0 Å². The van der Waals surface area contributed by atoms with Crippen LogP contribution in [0.25, 0.3) is 21.5 Å². The molecule has 25 heavy (non-hydrogen) atoms. The Kier molecular flexibility index (Phi) is 8.05. The van der Waals surface area contributed by atoms with Crippen LogP contribution in [0.4, 0.5) is 0 Å². The molecule has 126 valence electrons. The van der Waals surface area contributed by atoms with E-state index in [1.165, 1.54) is 40.8 Å². The van der Waals surface area contributed by atoms with E-state index in [4.69, 9.17) is 0 Å². The number of rotatable bonds is 0. The molecule has 4 aromatic rings. The van der Waals surface area contributed by atoms with Crippen molar-refractivity contribution in [3.8, 4) is 0 Å². The van der Waals surface area contributed by atoms with Crippen LogP contribution < -0.4 is 0 Å². The summed E-state index contributed by atoms with van der Waals surface area (Å²) >= 11 is 0. The Morgan fingerprint density at radius 2 is 1.36 bits per heavy atom. The molecule has 0 heterocycles. The molecule has 0 atom stereocenters. The molecule has 0 aromatic heterocycles. The molecule has 0 bridgehead atoms. The van der Waals surface area contributed by atoms with E-state index in [-0.39, 0.29) is 25.8 Å². The van der Waals surface area contributed by atoms with Crippen LogP contribution in [0.1, 0.15) is 17.5 Å². The van der Waals surface area contributed by atoms with Crippen molar-refractivity contribution in [1.82, 2.24) is 0 Å². The first-order valence-corrected chi connectivity index (χ1v) is 10.7. The fourth-order valence-corrected chi connectivity index (χ4v) is 3.28. The van der Waals surface area contributed by atoms with E-state index in [0.717, 1.165) is 9.52 Å². The standard InChI is InChI=1S/C12H11.C9H7.C2H6Si.Hf/c1-3-9-7-11-5-2-6-12(11)8-10(9)4-1;1-2-5-9-7-3-6-8(9)4-1;1-3-2;/h1,3-4,7-8H,2,5-6H2;1-7H;1-2H3;/q2*-1;;. The molecule has 0 saturated carbocycles. The molecule has 0 unspecified atom stereocenters. The number of aryl methyl sites for hydroxylation is 2. The molecular weight excluding hydrogens is 483 g/mol. The van der Waals surface area contributed by atoms with Gasteiger partial charge in [-0.3, -0.25) is 0 Å². The summed E-state index contributed by atoms with van der Waals surface area (Å²) in [5, 5.41) is 5.49. The van der Waals surface area contributed by atoms with E-state index in [1.54, 1.807) is 11.1 Å². The van der Waals surface area contributed by atoms with Gasteiger partial charge >= 0.3 is 0 Å². The van der Waals surface area contributed by atoms with Crippen molar-refractivity contribution in [2.45, 2.75) is 32.4 Å². The smallest absolute Gasteiger partial charge is 0.0307 e. The molecule has 0 fully saturated rings. The Morgan fingerprint density at radius 3 is 2.08 bits per heavy atom. The summed E-state index contributed by atoms with van der Waals surface area (Å²) in [6.07, 6.45) is 3.93. The van der Waals surface area contributed by atoms with Crippen LogP contribution in [0.5, 0.6) is 0 Å². The SMILES string of the molecule is C[Si]C.[Hf].c1cc2cc3c(cc2[cH-]1)CCC3.c1ccc2[cH-]ccc2c1. The fourth-order valence-electron chi connectivity index (χ4n) is 3.28. The van der Waals surface area contributed by atoms with Gasteiger partial charge in [0.1, 0.15) is 0 Å². The second-order valence-electron chi connectivity index (χ2n) is 6.28. The number of hydrogen-bond acceptors (Lipinski definition) is 0. The fraction of sp³-hybridized carbons (Fsp3) is 0.217. The zero-order valence-corrected chi connectivity index (χ0v) is 19.6. The van der Waals surface area contributed by atoms with Gasteiger partial charge in [0.05, 0.1) is 0 Å². The molecule has 5 rings (SSSR count). The van der Waals surface area contributed by atoms with E-state index >= 15 is 0 Å². The minimum atomic E-state index is 0. The van der Waals surface area contributed by atoms with E-state index in [0.29, 0.717) is 0 Å². The van der Waals surface area contributed by atoms with Crippen LogP contribution in [-0.2, 0) is 38.7 Å². The quantitative estimate of drug-likeness (QED) is 0.191. The first kappa shape index (κ1) is 20.1. The molecule has 1 aliphatic rings. The summed E-state index contributed by atoms with van der Waals surface area (Å²) in [6, 6.07) is 25.9. The van der Waals surface area contributed by atoms with Crippen molar-refractivity contribution >= 4 is 31.1 Å². The van der Waals surface area contributed by atoms with E-state index in [1.807, 2.05) is 0 Å². The predicted molar refractivity (Wildman–Crippen MR) is 109 cm³/mol. The largest absolute Gasteiger partial charge is 0.168 e. The number of benzene rings is 2. The monoisotopic (exact) mass is 508 g/mol. The van der Waals surface area contributed by atoms with E-state index < -0.39 is 0 Å². The normalized spacial score (nSPS) is 11.8. The van der Waals surface area contributed by atoms with Gasteiger partial charge in [-0.05, 0) is 19.3 Å². The minimum absolute atomic E-state index is 0. The van der Waals surface area contributed by atoms with Gasteiger partial charge in [-0.15, -0.1) is 58.6 Å². The summed E-state index contributed by atoms with van der Waals surface area (Å²) in [5.74, 6) is 0. The van der Waals surface area contributed by atoms with Crippen LogP contribution in [0, 0.1) is 0 Å². The van der Waals surface area contributed by atoms with Crippen molar-refractivity contribution in [1.29, 1.82) is 0 Å². The minimum Gasteiger partial charge on any atom is -0.168 e. The molecule has 0 amide bonds. The number of fused-ring (bicyclic) bond motifs is 3. The van der Waals surface area contributed by atoms with Crippen LogP contribution >= 0.6 is 0 Å². The zero-order valence-electron chi connectivity index (χ0n) is 15.0. The summed E-state index contributed by atoms with van der Waals surface area (Å²) in [5.41, 5.74) is 3.16. The van der Waals surface area contributed by atoms with Crippen LogP contribution in [-0.4, -0.2) is 9.52 Å². The van der Waals surface area contributed by atoms with Gasteiger partial charge in [-0.2, -0.15) is 29.7 Å². The summed E-state index contributed by atoms with van der Waals surface area (Å²) in [7, 11) is 1.08. The maximum Gasteiger partial charge on any atom is 0.0307 e. The topological polar surface area (TPSA) is 0 Å². The molecule has 0 aliphatic heterocycles. The van der Waals surface area contributed by atoms with Gasteiger partial charge in [0.2, 0.25) is 0 Å². The third kappa shape index (κ3) is 5.12. The molecule has 0 nitrogen and oxygen atoms in total. The molecule has 2 heteroatoms. The van der Waals surface area contributed by atoms with E-state index in [2.05, 4.69) is 85.9 Å². The van der Waals surface area contributed by atoms with Gasteiger partial charge in [0.15, 0.2) is 0 Å². The van der Waals surface area contributed by atoms with Gasteiger partial charge in [-0.25, -0.2) is 0 Å². The Hall–Kier alpha value is -1.25. The molecular formula is C23H24HfSi-2. The third-order valence-electron chi connectivity index (χ3n) is 4.40. The van der Waals surface area contributed by atoms with Gasteiger partial charge in [0, 0.05) is 35.4 Å². The summed E-state index contributed by atoms with van der Waals surface area (Å²) in [4.78, 5) is 0. The Bertz CT molecular complexity index is 832. The molecule has 0 spiro atoms. The van der Waals surface area contributed by atoms with Crippen LogP contribution in [0.15, 0.2) is 72.8 Å². The predicted octanol–water partition coefficient (Wildman–Crippen LogP) is 6.39. The second-order valence-corrected chi connectivity index (χ2v) is 7.28. The Morgan fingerprint density at radius 1 is 0.760 bits per heavy atom. The Labute approximate surface area is 172 Å². The molecule has 4 aromatic carbocycles. The molecule has 1 aliphatic carbocycles. The first-order valence-electron chi connectivity index (χ1n) is 8.68. The summed E-state index contributed by atoms with van der Waals surface area (Å²) < 4.78 is 0. The van der Waals surface area contributed by atoms with E-state index in [9.17, 15) is 0 Å². The third-order valence-corrected chi connectivity index (χ3v) is 4.40. The van der Waals surface area contributed by atoms with Crippen molar-refractivity contribution in [2.24, 2.45) is 0 Å². The van der Waals surface area contributed by atoms with Gasteiger partial charge in [-0.1, -0.05) is 30.3 Å². The van der Waals surface area contributed by atoms with Gasteiger partial charge in [0.25, 0.3) is 0 Å². The van der Waals surface area contributed by atoms with Crippen LogP contribution in [0.2, 0.25) is 13.1 Å². The number of hydrogen-bond donors (Lipinski definition) is 0. The van der Waals surface area contributed by atoms with Crippen molar-refractivity contribution in [3.63, 3.8) is 0 Å². The maximum atomic E-state index is 2.36. The van der Waals surface area contributed by atoms with Crippen molar-refractivity contribution < 1.29 is 25.8 Å². The average Bonchev–Trinajstić information content (AvgIpc) is 3.33. The average molecular weight is 507 g/mol. The maximum absolute atomic E-state index is 2.36. The Balaban J connectivity index is 0.000000155. The molecule has 2 radical (unpaired) electrons. The molecule has 0 saturated heterocycles. The second kappa shape index (κ2) is 10.0. The van der Waals surface area contributed by atoms with Crippen molar-refractivity contribution in [2.75, 3.05) is 0 Å². The zero-order chi connectivity index (χ0) is 16.8. The van der Waals surface area contributed by atoms with Gasteiger partial charge < -0.3 is 0 Å². The van der Waals surface area contributed by atoms with Crippen molar-refractivity contribution in [3.05, 3.63) is 83.9 Å². The first-order chi connectivity index (χ1) is 11.8.